The lowest BCUT2D eigenvalue weighted by Crippen LogP contribution is -2.44. The zero-order valence-corrected chi connectivity index (χ0v) is 6.46. The minimum atomic E-state index is -0.752. The van der Waals surface area contributed by atoms with Crippen LogP contribution in [0.25, 0.3) is 0 Å². The van der Waals surface area contributed by atoms with Crippen LogP contribution in [-0.2, 0) is 9.47 Å². The number of aliphatic hydroxyl groups is 1. The van der Waals surface area contributed by atoms with Crippen molar-refractivity contribution in [3.63, 3.8) is 0 Å². The van der Waals surface area contributed by atoms with Crippen molar-refractivity contribution in [2.24, 2.45) is 0 Å². The van der Waals surface area contributed by atoms with Crippen molar-refractivity contribution in [1.82, 2.24) is 0 Å². The van der Waals surface area contributed by atoms with E-state index < -0.39 is 5.79 Å². The van der Waals surface area contributed by atoms with Crippen molar-refractivity contribution < 1.29 is 14.6 Å². The Morgan fingerprint density at radius 2 is 2.40 bits per heavy atom. The predicted octanol–water partition coefficient (Wildman–Crippen LogP) is 0.520. The summed E-state index contributed by atoms with van der Waals surface area (Å²) in [7, 11) is 0. The van der Waals surface area contributed by atoms with Gasteiger partial charge in [-0.05, 0) is 20.3 Å². The van der Waals surface area contributed by atoms with Crippen LogP contribution in [0.4, 0.5) is 0 Å². The smallest absolute Gasteiger partial charge is 0.188 e. The van der Waals surface area contributed by atoms with Crippen molar-refractivity contribution in [2.45, 2.75) is 32.2 Å². The molecule has 0 radical (unpaired) electrons. The second kappa shape index (κ2) is 2.86. The fourth-order valence-electron chi connectivity index (χ4n) is 1.04. The summed E-state index contributed by atoms with van der Waals surface area (Å²) in [6.45, 7) is 4.34. The van der Waals surface area contributed by atoms with Crippen LogP contribution in [0, 0.1) is 0 Å². The maximum Gasteiger partial charge on any atom is 0.188 e. The second-order valence-electron chi connectivity index (χ2n) is 2.86. The average Bonchev–Trinajstić information content (AvgIpc) is 1.88. The van der Waals surface area contributed by atoms with Gasteiger partial charge in [0.1, 0.15) is 0 Å². The van der Waals surface area contributed by atoms with Gasteiger partial charge in [-0.1, -0.05) is 0 Å². The molecular weight excluding hydrogens is 132 g/mol. The lowest BCUT2D eigenvalue weighted by molar-refractivity contribution is -0.292. The third-order valence-corrected chi connectivity index (χ3v) is 1.67. The van der Waals surface area contributed by atoms with Gasteiger partial charge >= 0.3 is 0 Å². The number of ether oxygens (including phenoxy) is 2. The third kappa shape index (κ3) is 1.68. The molecule has 1 aliphatic heterocycles. The number of hydrogen-bond acceptors (Lipinski definition) is 3. The lowest BCUT2D eigenvalue weighted by Gasteiger charge is -2.35. The maximum atomic E-state index is 8.82. The van der Waals surface area contributed by atoms with E-state index >= 15 is 0 Å². The van der Waals surface area contributed by atoms with Gasteiger partial charge in [0.2, 0.25) is 0 Å². The molecule has 0 unspecified atom stereocenters. The summed E-state index contributed by atoms with van der Waals surface area (Å²) in [5, 5.41) is 8.82. The summed E-state index contributed by atoms with van der Waals surface area (Å²) >= 11 is 0. The van der Waals surface area contributed by atoms with E-state index in [1.165, 1.54) is 0 Å². The fourth-order valence-corrected chi connectivity index (χ4v) is 1.04. The highest BCUT2D eigenvalue weighted by Gasteiger charge is 2.31. The second-order valence-corrected chi connectivity index (χ2v) is 2.86. The van der Waals surface area contributed by atoms with E-state index in [2.05, 4.69) is 0 Å². The molecule has 3 nitrogen and oxygen atoms in total. The zero-order valence-electron chi connectivity index (χ0n) is 6.46. The molecule has 1 aliphatic rings. The van der Waals surface area contributed by atoms with Gasteiger partial charge in [0, 0.05) is 0 Å². The van der Waals surface area contributed by atoms with Crippen molar-refractivity contribution >= 4 is 0 Å². The summed E-state index contributed by atoms with van der Waals surface area (Å²) in [6.07, 6.45) is 1.11. The zero-order chi connectivity index (χ0) is 7.61. The van der Waals surface area contributed by atoms with Gasteiger partial charge in [-0.3, -0.25) is 0 Å². The maximum absolute atomic E-state index is 8.82. The first-order valence-electron chi connectivity index (χ1n) is 3.59. The van der Waals surface area contributed by atoms with Gasteiger partial charge in [-0.15, -0.1) is 0 Å². The number of hydrogen-bond donors (Lipinski definition) is 1. The largest absolute Gasteiger partial charge is 0.391 e. The molecule has 1 N–H and O–H groups in total. The molecule has 0 aromatic rings. The van der Waals surface area contributed by atoms with E-state index in [-0.39, 0.29) is 12.7 Å². The summed E-state index contributed by atoms with van der Waals surface area (Å²) in [4.78, 5) is 0. The molecule has 2 atom stereocenters. The number of aliphatic hydroxyl groups excluding tert-OH is 1. The van der Waals surface area contributed by atoms with Crippen molar-refractivity contribution in [3.8, 4) is 0 Å². The molecule has 1 heterocycles. The molecule has 1 fully saturated rings. The van der Waals surface area contributed by atoms with Crippen molar-refractivity contribution in [2.75, 3.05) is 13.2 Å². The minimum absolute atomic E-state index is 0.0721. The first-order valence-corrected chi connectivity index (χ1v) is 3.59. The molecule has 0 bridgehead atoms. The lowest BCUT2D eigenvalue weighted by atomic mass is 10.2. The van der Waals surface area contributed by atoms with E-state index in [1.807, 2.05) is 6.92 Å². The van der Waals surface area contributed by atoms with E-state index in [0.717, 1.165) is 6.42 Å². The molecule has 0 aliphatic carbocycles. The van der Waals surface area contributed by atoms with E-state index in [1.54, 1.807) is 6.92 Å². The fraction of sp³-hybridized carbons (Fsp3) is 1.00. The third-order valence-electron chi connectivity index (χ3n) is 1.67. The molecule has 10 heavy (non-hydrogen) atoms. The van der Waals surface area contributed by atoms with Crippen LogP contribution >= 0.6 is 0 Å². The van der Waals surface area contributed by atoms with E-state index in [4.69, 9.17) is 14.6 Å². The van der Waals surface area contributed by atoms with Crippen molar-refractivity contribution in [1.29, 1.82) is 0 Å². The SMILES string of the molecule is C[C@H]1CCO[C@](C)(CO)O1. The van der Waals surface area contributed by atoms with Crippen LogP contribution in [0.3, 0.4) is 0 Å². The molecule has 0 aromatic heterocycles. The Hall–Kier alpha value is -0.120. The van der Waals surface area contributed by atoms with Crippen LogP contribution in [0.5, 0.6) is 0 Å². The quantitative estimate of drug-likeness (QED) is 0.586. The summed E-state index contributed by atoms with van der Waals surface area (Å²) in [6, 6.07) is 0. The molecule has 3 heteroatoms. The van der Waals surface area contributed by atoms with Crippen LogP contribution in [0.15, 0.2) is 0 Å². The Balaban J connectivity index is 2.45. The van der Waals surface area contributed by atoms with Gasteiger partial charge < -0.3 is 14.6 Å². The summed E-state index contributed by atoms with van der Waals surface area (Å²) < 4.78 is 10.6. The summed E-state index contributed by atoms with van der Waals surface area (Å²) in [5.41, 5.74) is 0. The predicted molar refractivity (Wildman–Crippen MR) is 36.6 cm³/mol. The topological polar surface area (TPSA) is 38.7 Å². The van der Waals surface area contributed by atoms with Crippen LogP contribution in [0.2, 0.25) is 0 Å². The Kier molecular flexibility index (Phi) is 2.28. The first-order chi connectivity index (χ1) is 4.66. The van der Waals surface area contributed by atoms with Gasteiger partial charge in [0.05, 0.1) is 19.3 Å². The van der Waals surface area contributed by atoms with Crippen LogP contribution in [-0.4, -0.2) is 30.2 Å². The molecule has 1 saturated heterocycles. The van der Waals surface area contributed by atoms with Crippen LogP contribution in [0.1, 0.15) is 20.3 Å². The minimum Gasteiger partial charge on any atom is -0.391 e. The van der Waals surface area contributed by atoms with Gasteiger partial charge in [-0.2, -0.15) is 0 Å². The molecule has 0 saturated carbocycles. The van der Waals surface area contributed by atoms with Crippen molar-refractivity contribution in [3.05, 3.63) is 0 Å². The highest BCUT2D eigenvalue weighted by atomic mass is 16.7. The molecule has 1 rings (SSSR count). The standard InChI is InChI=1S/C7H14O3/c1-6-3-4-9-7(2,5-8)10-6/h6,8H,3-5H2,1-2H3/t6-,7-/m0/s1. The molecule has 0 aromatic carbocycles. The van der Waals surface area contributed by atoms with E-state index in [9.17, 15) is 0 Å². The molecular formula is C7H14O3. The Bertz CT molecular complexity index is 115. The average molecular weight is 146 g/mol. The molecule has 60 valence electrons. The molecule has 0 spiro atoms. The Morgan fingerprint density at radius 1 is 1.70 bits per heavy atom. The molecule has 0 amide bonds. The first kappa shape index (κ1) is 7.98. The monoisotopic (exact) mass is 146 g/mol. The highest BCUT2D eigenvalue weighted by molar-refractivity contribution is 4.68. The highest BCUT2D eigenvalue weighted by Crippen LogP contribution is 2.21. The van der Waals surface area contributed by atoms with E-state index in [0.29, 0.717) is 6.61 Å². The van der Waals surface area contributed by atoms with Gasteiger partial charge in [0.25, 0.3) is 0 Å². The van der Waals surface area contributed by atoms with Crippen LogP contribution < -0.4 is 0 Å². The Morgan fingerprint density at radius 3 is 2.80 bits per heavy atom. The Labute approximate surface area is 60.9 Å². The van der Waals surface area contributed by atoms with Gasteiger partial charge in [-0.25, -0.2) is 0 Å². The normalized spacial score (nSPS) is 41.7. The van der Waals surface area contributed by atoms with Gasteiger partial charge in [0.15, 0.2) is 5.79 Å². The number of rotatable bonds is 1. The summed E-state index contributed by atoms with van der Waals surface area (Å²) in [5.74, 6) is -0.752.